The van der Waals surface area contributed by atoms with Crippen molar-refractivity contribution in [3.63, 3.8) is 0 Å². The molecule has 1 fully saturated rings. The smallest absolute Gasteiger partial charge is 0.446 e. The molecule has 0 spiro atoms. The highest BCUT2D eigenvalue weighted by atomic mass is 19.4. The maximum atomic E-state index is 15.5. The van der Waals surface area contributed by atoms with Gasteiger partial charge in [-0.2, -0.15) is 18.3 Å². The van der Waals surface area contributed by atoms with Gasteiger partial charge in [0, 0.05) is 43.0 Å². The molecule has 224 valence electrons. The van der Waals surface area contributed by atoms with E-state index >= 15 is 4.39 Å². The first-order valence-electron chi connectivity index (χ1n) is 13.1. The lowest BCUT2D eigenvalue weighted by Gasteiger charge is -2.38. The fourth-order valence-corrected chi connectivity index (χ4v) is 4.40. The minimum absolute atomic E-state index is 0.213. The van der Waals surface area contributed by atoms with Crippen LogP contribution >= 0.6 is 0 Å². The van der Waals surface area contributed by atoms with Gasteiger partial charge in [-0.1, -0.05) is 0 Å². The second kappa shape index (κ2) is 12.1. The second-order valence-corrected chi connectivity index (χ2v) is 9.66. The first-order valence-corrected chi connectivity index (χ1v) is 13.1. The van der Waals surface area contributed by atoms with Crippen molar-refractivity contribution in [3.05, 3.63) is 60.7 Å². The van der Waals surface area contributed by atoms with Crippen LogP contribution in [0.4, 0.5) is 35.0 Å². The number of nitrogens with one attached hydrogen (secondary N) is 2. The van der Waals surface area contributed by atoms with Gasteiger partial charge in [-0.15, -0.1) is 0 Å². The summed E-state index contributed by atoms with van der Waals surface area (Å²) in [5.74, 6) is 1.47. The second-order valence-electron chi connectivity index (χ2n) is 9.66. The van der Waals surface area contributed by atoms with Gasteiger partial charge >= 0.3 is 6.18 Å². The molecule has 0 unspecified atom stereocenters. The zero-order chi connectivity index (χ0) is 30.7. The van der Waals surface area contributed by atoms with E-state index in [0.29, 0.717) is 51.6 Å². The molecule has 6 rings (SSSR count). The number of carbonyl (C=O) groups excluding carboxylic acids is 1. The Hall–Kier alpha value is -4.99. The van der Waals surface area contributed by atoms with Gasteiger partial charge in [0.15, 0.2) is 17.3 Å². The Bertz CT molecular complexity index is 1760. The summed E-state index contributed by atoms with van der Waals surface area (Å²) in [6, 6.07) is 7.32. The van der Waals surface area contributed by atoms with Gasteiger partial charge in [-0.25, -0.2) is 33.8 Å². The molecule has 1 aromatic carbocycles. The van der Waals surface area contributed by atoms with Crippen LogP contribution in [0.25, 0.3) is 16.7 Å². The van der Waals surface area contributed by atoms with Crippen molar-refractivity contribution in [3.8, 4) is 11.5 Å². The zero-order valence-electron chi connectivity index (χ0n) is 23.2. The Kier molecular flexibility index (Phi) is 8.29. The Balaban J connectivity index is 0.000000559. The number of hydrogen-bond acceptors (Lipinski definition) is 11. The molecule has 0 saturated carbocycles. The number of aromatic nitrogens is 7. The molecule has 5 heterocycles. The molecular formula is C27H26F4N10O2. The van der Waals surface area contributed by atoms with Crippen molar-refractivity contribution in [2.45, 2.75) is 39.0 Å². The van der Waals surface area contributed by atoms with E-state index in [-0.39, 0.29) is 11.7 Å². The summed E-state index contributed by atoms with van der Waals surface area (Å²) in [7, 11) is 0. The number of fused-ring (bicyclic) bond motifs is 2. The standard InChI is InChI=1S/C25H25FN10O.C2HF3O/c1-14-20(37-17-6-8-36-21(10-17)30-13-32-36)5-4-18(22(14)26)33-24-23-19(29-12-31-24)11-28-25(34-23)35-9-7-27-15(2)16(35)3;3-2(4,5)1-6/h4-6,8,10-13,15-16,27H,7,9H2,1-3H3,(H,29,31,33);1H/t15-,16+;/m0./s1. The summed E-state index contributed by atoms with van der Waals surface area (Å²) in [6.07, 6.45) is 0.575. The van der Waals surface area contributed by atoms with Gasteiger partial charge in [0.1, 0.15) is 35.2 Å². The molecule has 5 aromatic rings. The molecule has 0 amide bonds. The first-order chi connectivity index (χ1) is 20.5. The molecule has 0 bridgehead atoms. The van der Waals surface area contributed by atoms with Gasteiger partial charge in [-0.3, -0.25) is 4.79 Å². The number of nitrogens with zero attached hydrogens (tertiary/aromatic N) is 8. The SMILES string of the molecule is Cc1c(Oc2ccn3ncnc3c2)ccc(Nc2ncnc3cnc(N4CCN[C@@H](C)[C@H]4C)nc23)c1F.O=CC(F)(F)F. The third-order valence-electron chi connectivity index (χ3n) is 6.86. The van der Waals surface area contributed by atoms with Crippen LogP contribution in [0.2, 0.25) is 0 Å². The van der Waals surface area contributed by atoms with E-state index in [1.807, 2.05) is 0 Å². The normalized spacial score (nSPS) is 17.0. The molecule has 2 atom stereocenters. The molecule has 1 aliphatic rings. The number of anilines is 3. The number of piperazine rings is 1. The molecule has 0 radical (unpaired) electrons. The molecule has 0 aliphatic carbocycles. The minimum atomic E-state index is -4.64. The van der Waals surface area contributed by atoms with E-state index < -0.39 is 18.3 Å². The van der Waals surface area contributed by atoms with Crippen molar-refractivity contribution in [2.24, 2.45) is 0 Å². The van der Waals surface area contributed by atoms with Crippen LogP contribution in [0.3, 0.4) is 0 Å². The van der Waals surface area contributed by atoms with Crippen molar-refractivity contribution < 1.29 is 27.1 Å². The number of aldehydes is 1. The maximum Gasteiger partial charge on any atom is 0.446 e. The number of rotatable bonds is 5. The predicted molar refractivity (Wildman–Crippen MR) is 149 cm³/mol. The predicted octanol–water partition coefficient (Wildman–Crippen LogP) is 4.38. The van der Waals surface area contributed by atoms with Crippen molar-refractivity contribution in [1.29, 1.82) is 0 Å². The lowest BCUT2D eigenvalue weighted by atomic mass is 10.1. The Morgan fingerprint density at radius 1 is 1.12 bits per heavy atom. The maximum absolute atomic E-state index is 15.5. The van der Waals surface area contributed by atoms with Crippen LogP contribution in [0.15, 0.2) is 49.3 Å². The zero-order valence-corrected chi connectivity index (χ0v) is 23.2. The monoisotopic (exact) mass is 598 g/mol. The number of hydrogen-bond donors (Lipinski definition) is 2. The van der Waals surface area contributed by atoms with E-state index in [4.69, 9.17) is 14.5 Å². The highest BCUT2D eigenvalue weighted by molar-refractivity contribution is 5.87. The molecule has 12 nitrogen and oxygen atoms in total. The quantitative estimate of drug-likeness (QED) is 0.220. The number of benzene rings is 1. The third kappa shape index (κ3) is 6.58. The van der Waals surface area contributed by atoms with Gasteiger partial charge in [0.05, 0.1) is 11.9 Å². The Morgan fingerprint density at radius 3 is 2.67 bits per heavy atom. The van der Waals surface area contributed by atoms with Gasteiger partial charge in [0.2, 0.25) is 12.2 Å². The molecule has 4 aromatic heterocycles. The van der Waals surface area contributed by atoms with Crippen molar-refractivity contribution in [2.75, 3.05) is 23.3 Å². The topological polar surface area (TPSA) is 135 Å². The summed E-state index contributed by atoms with van der Waals surface area (Å²) < 4.78 is 54.3. The van der Waals surface area contributed by atoms with Crippen LogP contribution in [0.1, 0.15) is 19.4 Å². The fraction of sp³-hybridized carbons (Fsp3) is 0.296. The lowest BCUT2D eigenvalue weighted by molar-refractivity contribution is -0.156. The van der Waals surface area contributed by atoms with E-state index in [9.17, 15) is 13.2 Å². The van der Waals surface area contributed by atoms with Crippen molar-refractivity contribution in [1.82, 2.24) is 39.9 Å². The van der Waals surface area contributed by atoms with E-state index in [2.05, 4.69) is 54.4 Å². The lowest BCUT2D eigenvalue weighted by Crippen LogP contribution is -2.56. The number of halogens is 4. The van der Waals surface area contributed by atoms with Gasteiger partial charge in [0.25, 0.3) is 0 Å². The van der Waals surface area contributed by atoms with Crippen LogP contribution < -0.4 is 20.3 Å². The number of pyridine rings is 1. The summed E-state index contributed by atoms with van der Waals surface area (Å²) in [4.78, 5) is 32.9. The minimum Gasteiger partial charge on any atom is -0.457 e. The Morgan fingerprint density at radius 2 is 1.91 bits per heavy atom. The van der Waals surface area contributed by atoms with Crippen molar-refractivity contribution >= 4 is 40.4 Å². The average molecular weight is 599 g/mol. The van der Waals surface area contributed by atoms with Gasteiger partial charge < -0.3 is 20.3 Å². The van der Waals surface area contributed by atoms with E-state index in [1.54, 1.807) is 48.1 Å². The fourth-order valence-electron chi connectivity index (χ4n) is 4.40. The molecule has 2 N–H and O–H groups in total. The summed E-state index contributed by atoms with van der Waals surface area (Å²) >= 11 is 0. The summed E-state index contributed by atoms with van der Waals surface area (Å²) in [6.45, 7) is 7.56. The van der Waals surface area contributed by atoms with E-state index in [0.717, 1.165) is 13.1 Å². The van der Waals surface area contributed by atoms with Gasteiger partial charge in [-0.05, 0) is 39.0 Å². The van der Waals surface area contributed by atoms with Crippen LogP contribution in [-0.4, -0.2) is 72.2 Å². The summed E-state index contributed by atoms with van der Waals surface area (Å²) in [5, 5.41) is 10.6. The third-order valence-corrected chi connectivity index (χ3v) is 6.86. The number of ether oxygens (including phenoxy) is 1. The average Bonchev–Trinajstić information content (AvgIpc) is 3.46. The molecule has 1 aliphatic heterocycles. The number of alkyl halides is 3. The molecular weight excluding hydrogens is 572 g/mol. The molecule has 43 heavy (non-hydrogen) atoms. The first kappa shape index (κ1) is 29.5. The van der Waals surface area contributed by atoms with E-state index in [1.165, 1.54) is 12.7 Å². The summed E-state index contributed by atoms with van der Waals surface area (Å²) in [5.41, 5.74) is 2.32. The number of carbonyl (C=O) groups is 1. The largest absolute Gasteiger partial charge is 0.457 e. The highest BCUT2D eigenvalue weighted by Crippen LogP contribution is 2.33. The van der Waals surface area contributed by atoms with Crippen LogP contribution in [0.5, 0.6) is 11.5 Å². The highest BCUT2D eigenvalue weighted by Gasteiger charge is 2.27. The Labute approximate surface area is 242 Å². The molecule has 1 saturated heterocycles. The van der Waals surface area contributed by atoms with Crippen LogP contribution in [-0.2, 0) is 4.79 Å². The van der Waals surface area contributed by atoms with Crippen LogP contribution in [0, 0.1) is 12.7 Å². The molecule has 16 heteroatoms.